The quantitative estimate of drug-likeness (QED) is 0.222. The summed E-state index contributed by atoms with van der Waals surface area (Å²) in [5.41, 5.74) is 2.93. The molecule has 0 aliphatic carbocycles. The number of non-ortho nitro benzene ring substituents is 1. The Kier molecular flexibility index (Phi) is 6.80. The minimum absolute atomic E-state index is 0.0188. The average molecular weight is 400 g/mol. The van der Waals surface area contributed by atoms with Crippen LogP contribution in [0.2, 0.25) is 0 Å². The Hall–Kier alpha value is -4.11. The minimum Gasteiger partial charge on any atom is -0.493 e. The van der Waals surface area contributed by atoms with Gasteiger partial charge in [-0.3, -0.25) is 10.1 Å². The van der Waals surface area contributed by atoms with Gasteiger partial charge in [-0.05, 0) is 47.0 Å². The molecule has 0 fully saturated rings. The SMILES string of the molecule is COc1cc(/C=C(\C#N)c2ccc([N+](=O)[O-])cc2)ccc1OCCc1ccccc1. The summed E-state index contributed by atoms with van der Waals surface area (Å²) in [7, 11) is 1.56. The first-order valence-corrected chi connectivity index (χ1v) is 9.32. The predicted octanol–water partition coefficient (Wildman–Crippen LogP) is 5.29. The molecule has 0 unspecified atom stereocenters. The number of nitriles is 1. The van der Waals surface area contributed by atoms with Gasteiger partial charge in [0.05, 0.1) is 30.3 Å². The van der Waals surface area contributed by atoms with Crippen LogP contribution < -0.4 is 9.47 Å². The molecular formula is C24H20N2O4. The molecule has 0 N–H and O–H groups in total. The van der Waals surface area contributed by atoms with Crippen molar-refractivity contribution in [1.29, 1.82) is 5.26 Å². The number of ether oxygens (including phenoxy) is 2. The lowest BCUT2D eigenvalue weighted by Gasteiger charge is -2.11. The van der Waals surface area contributed by atoms with Crippen LogP contribution in [0.1, 0.15) is 16.7 Å². The molecule has 0 heterocycles. The number of nitro groups is 1. The summed E-state index contributed by atoms with van der Waals surface area (Å²) in [6.45, 7) is 0.516. The molecule has 0 atom stereocenters. The van der Waals surface area contributed by atoms with Crippen molar-refractivity contribution in [2.45, 2.75) is 6.42 Å². The zero-order valence-corrected chi connectivity index (χ0v) is 16.4. The molecule has 3 aromatic carbocycles. The fraction of sp³-hybridized carbons (Fsp3) is 0.125. The molecule has 6 nitrogen and oxygen atoms in total. The Balaban J connectivity index is 1.75. The van der Waals surface area contributed by atoms with Crippen molar-refractivity contribution in [3.8, 4) is 17.6 Å². The number of allylic oxidation sites excluding steroid dienone is 1. The number of nitro benzene ring substituents is 1. The first-order chi connectivity index (χ1) is 14.6. The van der Waals surface area contributed by atoms with Gasteiger partial charge < -0.3 is 9.47 Å². The third-order valence-electron chi connectivity index (χ3n) is 4.50. The molecule has 0 radical (unpaired) electrons. The minimum atomic E-state index is -0.471. The van der Waals surface area contributed by atoms with Gasteiger partial charge >= 0.3 is 0 Å². The molecule has 0 saturated carbocycles. The van der Waals surface area contributed by atoms with Crippen molar-refractivity contribution in [1.82, 2.24) is 0 Å². The second-order valence-corrected chi connectivity index (χ2v) is 6.47. The maximum Gasteiger partial charge on any atom is 0.269 e. The van der Waals surface area contributed by atoms with E-state index in [4.69, 9.17) is 9.47 Å². The third-order valence-corrected chi connectivity index (χ3v) is 4.50. The van der Waals surface area contributed by atoms with Gasteiger partial charge in [0, 0.05) is 18.6 Å². The van der Waals surface area contributed by atoms with Crippen molar-refractivity contribution in [3.63, 3.8) is 0 Å². The summed E-state index contributed by atoms with van der Waals surface area (Å²) < 4.78 is 11.3. The van der Waals surface area contributed by atoms with Gasteiger partial charge in [-0.15, -0.1) is 0 Å². The van der Waals surface area contributed by atoms with E-state index in [0.717, 1.165) is 12.0 Å². The van der Waals surface area contributed by atoms with Crippen LogP contribution in [0.15, 0.2) is 72.8 Å². The zero-order chi connectivity index (χ0) is 21.3. The van der Waals surface area contributed by atoms with Crippen LogP contribution in [0.5, 0.6) is 11.5 Å². The zero-order valence-electron chi connectivity index (χ0n) is 16.4. The molecule has 0 saturated heterocycles. The highest BCUT2D eigenvalue weighted by Crippen LogP contribution is 2.30. The lowest BCUT2D eigenvalue weighted by atomic mass is 10.0. The predicted molar refractivity (Wildman–Crippen MR) is 115 cm³/mol. The maximum atomic E-state index is 10.8. The fourth-order valence-corrected chi connectivity index (χ4v) is 2.93. The highest BCUT2D eigenvalue weighted by atomic mass is 16.6. The first kappa shape index (κ1) is 20.6. The van der Waals surface area contributed by atoms with E-state index in [1.54, 1.807) is 37.5 Å². The summed E-state index contributed by atoms with van der Waals surface area (Å²) in [4.78, 5) is 10.3. The van der Waals surface area contributed by atoms with Crippen molar-refractivity contribution >= 4 is 17.3 Å². The lowest BCUT2D eigenvalue weighted by molar-refractivity contribution is -0.384. The van der Waals surface area contributed by atoms with Crippen LogP contribution >= 0.6 is 0 Å². The van der Waals surface area contributed by atoms with E-state index < -0.39 is 4.92 Å². The smallest absolute Gasteiger partial charge is 0.269 e. The van der Waals surface area contributed by atoms with E-state index in [1.165, 1.54) is 17.7 Å². The molecule has 3 aromatic rings. The molecular weight excluding hydrogens is 380 g/mol. The number of nitrogens with zero attached hydrogens (tertiary/aromatic N) is 2. The van der Waals surface area contributed by atoms with E-state index in [1.807, 2.05) is 24.3 Å². The van der Waals surface area contributed by atoms with Crippen molar-refractivity contribution in [2.24, 2.45) is 0 Å². The summed E-state index contributed by atoms with van der Waals surface area (Å²) in [5, 5.41) is 20.3. The summed E-state index contributed by atoms with van der Waals surface area (Å²) in [5.74, 6) is 1.19. The average Bonchev–Trinajstić information content (AvgIpc) is 2.79. The Morgan fingerprint density at radius 3 is 2.43 bits per heavy atom. The lowest BCUT2D eigenvalue weighted by Crippen LogP contribution is -2.02. The monoisotopic (exact) mass is 400 g/mol. The van der Waals surface area contributed by atoms with Crippen molar-refractivity contribution in [2.75, 3.05) is 13.7 Å². The number of methoxy groups -OCH3 is 1. The van der Waals surface area contributed by atoms with E-state index in [0.29, 0.717) is 29.2 Å². The van der Waals surface area contributed by atoms with Crippen LogP contribution in [-0.2, 0) is 6.42 Å². The van der Waals surface area contributed by atoms with Gasteiger partial charge in [0.15, 0.2) is 11.5 Å². The second-order valence-electron chi connectivity index (χ2n) is 6.47. The molecule has 0 aliphatic rings. The highest BCUT2D eigenvalue weighted by Gasteiger charge is 2.09. The third kappa shape index (κ3) is 5.24. The molecule has 0 bridgehead atoms. The van der Waals surface area contributed by atoms with Crippen molar-refractivity contribution in [3.05, 3.63) is 99.6 Å². The van der Waals surface area contributed by atoms with Gasteiger partial charge in [-0.1, -0.05) is 36.4 Å². The Morgan fingerprint density at radius 2 is 1.80 bits per heavy atom. The van der Waals surface area contributed by atoms with E-state index in [9.17, 15) is 15.4 Å². The van der Waals surface area contributed by atoms with E-state index >= 15 is 0 Å². The van der Waals surface area contributed by atoms with Crippen molar-refractivity contribution < 1.29 is 14.4 Å². The van der Waals surface area contributed by atoms with Crippen LogP contribution in [0.4, 0.5) is 5.69 Å². The van der Waals surface area contributed by atoms with Gasteiger partial charge in [0.1, 0.15) is 0 Å². The van der Waals surface area contributed by atoms with Crippen LogP contribution in [-0.4, -0.2) is 18.6 Å². The molecule has 6 heteroatoms. The summed E-state index contributed by atoms with van der Waals surface area (Å²) in [6, 6.07) is 23.5. The molecule has 0 amide bonds. The largest absolute Gasteiger partial charge is 0.493 e. The number of benzene rings is 3. The van der Waals surface area contributed by atoms with E-state index in [-0.39, 0.29) is 5.69 Å². The standard InChI is InChI=1S/C24H20N2O4/c1-29-24-16-19(7-12-23(24)30-14-13-18-5-3-2-4-6-18)15-21(17-25)20-8-10-22(11-9-20)26(27)28/h2-12,15-16H,13-14H2,1H3/b21-15+. The van der Waals surface area contributed by atoms with Gasteiger partial charge in [-0.25, -0.2) is 0 Å². The topological polar surface area (TPSA) is 85.4 Å². The van der Waals surface area contributed by atoms with Gasteiger partial charge in [-0.2, -0.15) is 5.26 Å². The van der Waals surface area contributed by atoms with Gasteiger partial charge in [0.25, 0.3) is 5.69 Å². The number of hydrogen-bond donors (Lipinski definition) is 0. The molecule has 0 aliphatic heterocycles. The normalized spacial score (nSPS) is 10.9. The Labute approximate surface area is 174 Å². The molecule has 3 rings (SSSR count). The van der Waals surface area contributed by atoms with Crippen LogP contribution in [0.3, 0.4) is 0 Å². The van der Waals surface area contributed by atoms with Gasteiger partial charge in [0.2, 0.25) is 0 Å². The second kappa shape index (κ2) is 9.89. The van der Waals surface area contributed by atoms with E-state index in [2.05, 4.69) is 18.2 Å². The summed E-state index contributed by atoms with van der Waals surface area (Å²) >= 11 is 0. The Bertz CT molecular complexity index is 1080. The first-order valence-electron chi connectivity index (χ1n) is 9.32. The molecule has 30 heavy (non-hydrogen) atoms. The van der Waals surface area contributed by atoms with Crippen LogP contribution in [0, 0.1) is 21.4 Å². The molecule has 150 valence electrons. The molecule has 0 aromatic heterocycles. The maximum absolute atomic E-state index is 10.8. The molecule has 0 spiro atoms. The number of rotatable bonds is 8. The fourth-order valence-electron chi connectivity index (χ4n) is 2.93. The number of hydrogen-bond acceptors (Lipinski definition) is 5. The summed E-state index contributed by atoms with van der Waals surface area (Å²) in [6.07, 6.45) is 2.49. The Morgan fingerprint density at radius 1 is 1.07 bits per heavy atom. The van der Waals surface area contributed by atoms with Crippen LogP contribution in [0.25, 0.3) is 11.6 Å². The highest BCUT2D eigenvalue weighted by molar-refractivity contribution is 5.90.